The summed E-state index contributed by atoms with van der Waals surface area (Å²) in [7, 11) is 0. The standard InChI is InChI=1S/C42H26S3/c1-3-10-37-31(8-1)33-21-27(12-16-39(33)43-37)25-6-5-7-26(20-25)28-13-18-41-35(23-28)36-24-30(15-19-42(36)45-41)29-14-17-40-34(22-29)32-9-2-4-11-38(32)44-40/h1-2,4-9,11-24H,3,10H2. The number of fused-ring (bicyclic) bond motifs is 9. The van der Waals surface area contributed by atoms with Gasteiger partial charge in [0, 0.05) is 55.3 Å². The lowest BCUT2D eigenvalue weighted by molar-refractivity contribution is 1.02. The average Bonchev–Trinajstić information content (AvgIpc) is 3.78. The summed E-state index contributed by atoms with van der Waals surface area (Å²) in [6, 6.07) is 45.7. The molecule has 0 fully saturated rings. The van der Waals surface area contributed by atoms with Crippen molar-refractivity contribution in [2.24, 2.45) is 0 Å². The molecule has 0 amide bonds. The molecule has 1 aliphatic carbocycles. The van der Waals surface area contributed by atoms with Gasteiger partial charge in [-0.25, -0.2) is 0 Å². The maximum absolute atomic E-state index is 2.40. The molecule has 3 aromatic heterocycles. The van der Waals surface area contributed by atoms with Crippen molar-refractivity contribution in [3.05, 3.63) is 138 Å². The molecule has 1 aliphatic rings. The summed E-state index contributed by atoms with van der Waals surface area (Å²) in [6.45, 7) is 0. The van der Waals surface area contributed by atoms with Crippen molar-refractivity contribution in [3.8, 4) is 33.4 Å². The summed E-state index contributed by atoms with van der Waals surface area (Å²) in [4.78, 5) is 1.53. The molecule has 0 N–H and O–H groups in total. The van der Waals surface area contributed by atoms with Crippen molar-refractivity contribution in [2.75, 3.05) is 0 Å². The highest BCUT2D eigenvalue weighted by molar-refractivity contribution is 7.26. The summed E-state index contributed by atoms with van der Waals surface area (Å²) in [6.07, 6.45) is 6.96. The molecule has 3 heterocycles. The van der Waals surface area contributed by atoms with Crippen LogP contribution >= 0.6 is 34.0 Å². The van der Waals surface area contributed by atoms with Gasteiger partial charge in [-0.3, -0.25) is 0 Å². The fraction of sp³-hybridized carbons (Fsp3) is 0.0476. The smallest absolute Gasteiger partial charge is 0.0355 e. The van der Waals surface area contributed by atoms with Crippen molar-refractivity contribution in [1.82, 2.24) is 0 Å². The Bertz CT molecular complexity index is 2660. The summed E-state index contributed by atoms with van der Waals surface area (Å²) in [5.74, 6) is 0. The highest BCUT2D eigenvalue weighted by Crippen LogP contribution is 2.42. The number of rotatable bonds is 3. The summed E-state index contributed by atoms with van der Waals surface area (Å²) in [5.41, 5.74) is 9.04. The minimum atomic E-state index is 1.15. The molecule has 9 aromatic rings. The largest absolute Gasteiger partial charge is 0.140 e. The minimum absolute atomic E-state index is 1.15. The van der Waals surface area contributed by atoms with E-state index in [1.165, 1.54) is 94.3 Å². The van der Waals surface area contributed by atoms with Crippen LogP contribution in [0.1, 0.15) is 16.9 Å². The predicted octanol–water partition coefficient (Wildman–Crippen LogP) is 13.6. The molecule has 6 aromatic carbocycles. The van der Waals surface area contributed by atoms with Crippen molar-refractivity contribution >= 4 is 90.5 Å². The molecule has 0 nitrogen and oxygen atoms in total. The van der Waals surface area contributed by atoms with Gasteiger partial charge in [0.25, 0.3) is 0 Å². The van der Waals surface area contributed by atoms with Crippen LogP contribution in [0, 0.1) is 0 Å². The first kappa shape index (κ1) is 25.8. The van der Waals surface area contributed by atoms with Crippen molar-refractivity contribution in [1.29, 1.82) is 0 Å². The molecule has 212 valence electrons. The van der Waals surface area contributed by atoms with E-state index in [2.05, 4.69) is 133 Å². The van der Waals surface area contributed by atoms with Crippen molar-refractivity contribution in [3.63, 3.8) is 0 Å². The van der Waals surface area contributed by atoms with Crippen LogP contribution in [0.3, 0.4) is 0 Å². The van der Waals surface area contributed by atoms with E-state index in [0.29, 0.717) is 0 Å². The number of benzene rings is 6. The maximum Gasteiger partial charge on any atom is 0.0355 e. The van der Waals surface area contributed by atoms with E-state index in [4.69, 9.17) is 0 Å². The number of aryl methyl sites for hydroxylation is 1. The highest BCUT2D eigenvalue weighted by Gasteiger charge is 2.15. The van der Waals surface area contributed by atoms with Crippen LogP contribution in [0.4, 0.5) is 0 Å². The highest BCUT2D eigenvalue weighted by atomic mass is 32.1. The van der Waals surface area contributed by atoms with Gasteiger partial charge in [0.15, 0.2) is 0 Å². The number of hydrogen-bond donors (Lipinski definition) is 0. The normalized spacial score (nSPS) is 13.1. The molecule has 3 heteroatoms. The van der Waals surface area contributed by atoms with E-state index in [-0.39, 0.29) is 0 Å². The van der Waals surface area contributed by atoms with Crippen LogP contribution in [0.15, 0.2) is 127 Å². The third kappa shape index (κ3) is 4.15. The second-order valence-electron chi connectivity index (χ2n) is 12.0. The quantitative estimate of drug-likeness (QED) is 0.183. The third-order valence-corrected chi connectivity index (χ3v) is 12.9. The van der Waals surface area contributed by atoms with Gasteiger partial charge < -0.3 is 0 Å². The summed E-state index contributed by atoms with van der Waals surface area (Å²) in [5, 5.41) is 6.75. The van der Waals surface area contributed by atoms with E-state index in [9.17, 15) is 0 Å². The Morgan fingerprint density at radius 3 is 1.49 bits per heavy atom. The van der Waals surface area contributed by atoms with Crippen LogP contribution in [-0.4, -0.2) is 0 Å². The molecule has 0 saturated heterocycles. The zero-order valence-electron chi connectivity index (χ0n) is 24.3. The van der Waals surface area contributed by atoms with E-state index >= 15 is 0 Å². The van der Waals surface area contributed by atoms with Gasteiger partial charge in [-0.2, -0.15) is 0 Å². The van der Waals surface area contributed by atoms with Crippen LogP contribution in [0.2, 0.25) is 0 Å². The van der Waals surface area contributed by atoms with E-state index in [1.54, 1.807) is 0 Å². The molecule has 0 bridgehead atoms. The molecular formula is C42H26S3. The van der Waals surface area contributed by atoms with Gasteiger partial charge in [0.1, 0.15) is 0 Å². The molecule has 0 saturated carbocycles. The molecule has 0 aliphatic heterocycles. The predicted molar refractivity (Wildman–Crippen MR) is 201 cm³/mol. The van der Waals surface area contributed by atoms with Crippen molar-refractivity contribution < 1.29 is 0 Å². The topological polar surface area (TPSA) is 0 Å². The first-order valence-corrected chi connectivity index (χ1v) is 17.9. The molecule has 0 unspecified atom stereocenters. The maximum atomic E-state index is 2.40. The SMILES string of the molecule is C1=Cc2c(sc3ccc(-c4cccc(-c5ccc6sc7ccc(-c8ccc9sc%10ccccc%10c9c8)cc7c6c5)c4)cc23)CC1. The van der Waals surface area contributed by atoms with Gasteiger partial charge in [0.05, 0.1) is 0 Å². The fourth-order valence-electron chi connectivity index (χ4n) is 7.05. The Morgan fingerprint density at radius 1 is 0.378 bits per heavy atom. The lowest BCUT2D eigenvalue weighted by Gasteiger charge is -2.08. The van der Waals surface area contributed by atoms with Gasteiger partial charge in [-0.15, -0.1) is 34.0 Å². The second kappa shape index (κ2) is 9.98. The lowest BCUT2D eigenvalue weighted by atomic mass is 9.96. The molecule has 10 rings (SSSR count). The van der Waals surface area contributed by atoms with Crippen LogP contribution < -0.4 is 0 Å². The van der Waals surface area contributed by atoms with Crippen LogP contribution in [0.5, 0.6) is 0 Å². The van der Waals surface area contributed by atoms with Crippen LogP contribution in [0.25, 0.3) is 89.9 Å². The fourth-order valence-corrected chi connectivity index (χ4v) is 10.4. The number of allylic oxidation sites excluding steroid dienone is 1. The minimum Gasteiger partial charge on any atom is -0.140 e. The van der Waals surface area contributed by atoms with Gasteiger partial charge in [-0.1, -0.05) is 72.8 Å². The van der Waals surface area contributed by atoms with Crippen LogP contribution in [-0.2, 0) is 6.42 Å². The Labute approximate surface area is 273 Å². The molecule has 0 spiro atoms. The Hall–Kier alpha value is -4.54. The monoisotopic (exact) mass is 626 g/mol. The lowest BCUT2D eigenvalue weighted by Crippen LogP contribution is -1.87. The Balaban J connectivity index is 1.06. The molecular weight excluding hydrogens is 601 g/mol. The molecule has 0 radical (unpaired) electrons. The van der Waals surface area contributed by atoms with Gasteiger partial charge >= 0.3 is 0 Å². The first-order valence-electron chi connectivity index (χ1n) is 15.5. The second-order valence-corrected chi connectivity index (χ2v) is 15.3. The van der Waals surface area contributed by atoms with E-state index in [0.717, 1.165) is 12.8 Å². The first-order chi connectivity index (χ1) is 22.2. The Morgan fingerprint density at radius 2 is 0.867 bits per heavy atom. The number of hydrogen-bond acceptors (Lipinski definition) is 3. The van der Waals surface area contributed by atoms with Gasteiger partial charge in [0.2, 0.25) is 0 Å². The Kier molecular flexibility index (Phi) is 5.71. The molecule has 45 heavy (non-hydrogen) atoms. The average molecular weight is 627 g/mol. The summed E-state index contributed by atoms with van der Waals surface area (Å²) >= 11 is 5.72. The zero-order chi connectivity index (χ0) is 29.5. The van der Waals surface area contributed by atoms with E-state index < -0.39 is 0 Å². The van der Waals surface area contributed by atoms with Crippen molar-refractivity contribution in [2.45, 2.75) is 12.8 Å². The van der Waals surface area contributed by atoms with Gasteiger partial charge in [-0.05, 0) is 112 Å². The summed E-state index contributed by atoms with van der Waals surface area (Å²) < 4.78 is 6.76. The molecule has 0 atom stereocenters. The third-order valence-electron chi connectivity index (χ3n) is 9.33. The zero-order valence-corrected chi connectivity index (χ0v) is 26.8. The number of thiophene rings is 3. The van der Waals surface area contributed by atoms with E-state index in [1.807, 2.05) is 34.0 Å².